The smallest absolute Gasteiger partial charge is 0.347 e. The second-order valence-corrected chi connectivity index (χ2v) is 14.4. The lowest BCUT2D eigenvalue weighted by Crippen LogP contribution is -2.54. The van der Waals surface area contributed by atoms with Crippen LogP contribution in [-0.2, 0) is 44.4 Å². The second-order valence-electron chi connectivity index (χ2n) is 10.5. The maximum atomic E-state index is 13.8. The van der Waals surface area contributed by atoms with Crippen molar-refractivity contribution in [1.82, 2.24) is 20.0 Å². The Hall–Kier alpha value is -4.01. The summed E-state index contributed by atoms with van der Waals surface area (Å²) in [4.78, 5) is 30.4. The van der Waals surface area contributed by atoms with E-state index in [-0.39, 0.29) is 50.3 Å². The number of hydrogen-bond acceptors (Lipinski definition) is 10. The standard InChI is InChI=1S/C24H28N8O8S2/c1-23(13-28-30-26,15-40-42(37,38)39)41(35,36)24(8-9-24)14-32-10-7-18-19(29-31(2)20(18)22(32)34)21(33)27-12-17-5-3-16(11-25)4-6-17/h3-6H,7-10,12-15H2,1-2H3,(H,27,33)(H,37,38,39). The van der Waals surface area contributed by atoms with Gasteiger partial charge in [0.2, 0.25) is 0 Å². The summed E-state index contributed by atoms with van der Waals surface area (Å²) in [6, 6.07) is 8.70. The molecule has 2 amide bonds. The Kier molecular flexibility index (Phi) is 8.36. The molecule has 0 radical (unpaired) electrons. The first-order valence-electron chi connectivity index (χ1n) is 12.7. The summed E-state index contributed by atoms with van der Waals surface area (Å²) in [5, 5.41) is 19.3. The van der Waals surface area contributed by atoms with Gasteiger partial charge in [-0.2, -0.15) is 18.8 Å². The lowest BCUT2D eigenvalue weighted by atomic mass is 10.0. The third kappa shape index (κ3) is 5.96. The van der Waals surface area contributed by atoms with E-state index in [0.29, 0.717) is 11.1 Å². The van der Waals surface area contributed by atoms with Gasteiger partial charge in [-0.3, -0.25) is 18.8 Å². The number of carbonyl (C=O) groups is 2. The highest BCUT2D eigenvalue weighted by Gasteiger charge is 2.62. The average Bonchev–Trinajstić information content (AvgIpc) is 3.66. The van der Waals surface area contributed by atoms with Gasteiger partial charge in [0, 0.05) is 43.7 Å². The van der Waals surface area contributed by atoms with Crippen LogP contribution in [0.2, 0.25) is 0 Å². The van der Waals surface area contributed by atoms with Crippen LogP contribution in [0, 0.1) is 11.3 Å². The van der Waals surface area contributed by atoms with Crippen molar-refractivity contribution in [3.63, 3.8) is 0 Å². The molecular weight excluding hydrogens is 592 g/mol. The van der Waals surface area contributed by atoms with Crippen LogP contribution >= 0.6 is 0 Å². The first kappa shape index (κ1) is 30.9. The second kappa shape index (κ2) is 11.3. The number of carbonyl (C=O) groups excluding carboxylic acids is 2. The molecule has 4 rings (SSSR count). The number of nitrogens with zero attached hydrogens (tertiary/aromatic N) is 7. The molecule has 1 atom stereocenters. The number of amides is 2. The molecular formula is C24H28N8O8S2. The SMILES string of the molecule is Cn1nc(C(=O)NCc2ccc(C#N)cc2)c2c1C(=O)N(CC1(S(=O)(=O)C(C)(CN=[N+]=[N-])COS(=O)(=O)O)CC1)CC2. The molecule has 0 bridgehead atoms. The minimum absolute atomic E-state index is 0.0761. The van der Waals surface area contributed by atoms with Gasteiger partial charge in [-0.1, -0.05) is 17.2 Å². The Labute approximate surface area is 241 Å². The molecule has 1 aromatic carbocycles. The number of aryl methyl sites for hydroxylation is 1. The first-order chi connectivity index (χ1) is 19.7. The Morgan fingerprint density at radius 3 is 2.55 bits per heavy atom. The van der Waals surface area contributed by atoms with Gasteiger partial charge < -0.3 is 10.2 Å². The van der Waals surface area contributed by atoms with E-state index in [1.165, 1.54) is 16.6 Å². The third-order valence-electron chi connectivity index (χ3n) is 7.51. The van der Waals surface area contributed by atoms with Crippen molar-refractivity contribution in [1.29, 1.82) is 5.26 Å². The molecule has 1 fully saturated rings. The largest absolute Gasteiger partial charge is 0.397 e. The molecule has 42 heavy (non-hydrogen) atoms. The van der Waals surface area contributed by atoms with Gasteiger partial charge in [0.1, 0.15) is 10.4 Å². The molecule has 0 spiro atoms. The van der Waals surface area contributed by atoms with E-state index < -0.39 is 54.7 Å². The van der Waals surface area contributed by atoms with Crippen LogP contribution in [0.15, 0.2) is 29.4 Å². The fraction of sp³-hybridized carbons (Fsp3) is 0.500. The van der Waals surface area contributed by atoms with Crippen molar-refractivity contribution in [2.75, 3.05) is 26.2 Å². The van der Waals surface area contributed by atoms with Crippen LogP contribution in [0.3, 0.4) is 0 Å². The summed E-state index contributed by atoms with van der Waals surface area (Å²) in [5.41, 5.74) is 10.7. The minimum Gasteiger partial charge on any atom is -0.347 e. The minimum atomic E-state index is -4.99. The Balaban J connectivity index is 1.52. The molecule has 2 aliphatic rings. The summed E-state index contributed by atoms with van der Waals surface area (Å²) in [7, 11) is -7.79. The topological polar surface area (TPSA) is 238 Å². The maximum Gasteiger partial charge on any atom is 0.397 e. The van der Waals surface area contributed by atoms with Crippen molar-refractivity contribution in [2.45, 2.75) is 42.2 Å². The number of nitrogens with one attached hydrogen (secondary N) is 1. The highest BCUT2D eigenvalue weighted by atomic mass is 32.3. The molecule has 0 saturated heterocycles. The molecule has 1 aromatic heterocycles. The highest BCUT2D eigenvalue weighted by molar-refractivity contribution is 7.94. The molecule has 2 heterocycles. The van der Waals surface area contributed by atoms with E-state index in [2.05, 4.69) is 24.6 Å². The third-order valence-corrected chi connectivity index (χ3v) is 11.1. The van der Waals surface area contributed by atoms with E-state index in [1.54, 1.807) is 24.3 Å². The van der Waals surface area contributed by atoms with Gasteiger partial charge in [-0.15, -0.1) is 0 Å². The molecule has 1 aliphatic heterocycles. The number of azide groups is 1. The van der Waals surface area contributed by atoms with Crippen LogP contribution in [0.4, 0.5) is 0 Å². The molecule has 18 heteroatoms. The Morgan fingerprint density at radius 1 is 1.31 bits per heavy atom. The fourth-order valence-corrected chi connectivity index (χ4v) is 7.91. The van der Waals surface area contributed by atoms with E-state index in [1.807, 2.05) is 6.07 Å². The number of nitriles is 1. The molecule has 1 aliphatic carbocycles. The van der Waals surface area contributed by atoms with Crippen molar-refractivity contribution in [2.24, 2.45) is 12.2 Å². The highest BCUT2D eigenvalue weighted by Crippen LogP contribution is 2.49. The van der Waals surface area contributed by atoms with Gasteiger partial charge in [0.25, 0.3) is 11.8 Å². The number of sulfone groups is 1. The normalized spacial score (nSPS) is 17.4. The lowest BCUT2D eigenvalue weighted by Gasteiger charge is -2.36. The fourth-order valence-electron chi connectivity index (χ4n) is 4.98. The number of hydrogen-bond donors (Lipinski definition) is 2. The predicted octanol–water partition coefficient (Wildman–Crippen LogP) is 1.06. The quantitative estimate of drug-likeness (QED) is 0.148. The van der Waals surface area contributed by atoms with Crippen molar-refractivity contribution < 1.29 is 35.2 Å². The van der Waals surface area contributed by atoms with Gasteiger partial charge in [-0.05, 0) is 49.4 Å². The average molecular weight is 621 g/mol. The van der Waals surface area contributed by atoms with E-state index in [0.717, 1.165) is 12.5 Å². The number of benzene rings is 1. The van der Waals surface area contributed by atoms with Crippen LogP contribution in [0.25, 0.3) is 10.4 Å². The zero-order valence-electron chi connectivity index (χ0n) is 22.7. The number of fused-ring (bicyclic) bond motifs is 1. The van der Waals surface area contributed by atoms with Gasteiger partial charge in [-0.25, -0.2) is 12.6 Å². The number of aromatic nitrogens is 2. The number of rotatable bonds is 12. The van der Waals surface area contributed by atoms with Gasteiger partial charge >= 0.3 is 10.4 Å². The molecule has 16 nitrogen and oxygen atoms in total. The summed E-state index contributed by atoms with van der Waals surface area (Å²) >= 11 is 0. The van der Waals surface area contributed by atoms with Crippen molar-refractivity contribution in [3.8, 4) is 6.07 Å². The summed E-state index contributed by atoms with van der Waals surface area (Å²) in [5.74, 6) is -1.02. The monoisotopic (exact) mass is 620 g/mol. The van der Waals surface area contributed by atoms with Gasteiger partial charge in [0.05, 0.1) is 23.0 Å². The van der Waals surface area contributed by atoms with E-state index in [4.69, 9.17) is 15.3 Å². The summed E-state index contributed by atoms with van der Waals surface area (Å²) in [6.07, 6.45) is 0.558. The molecule has 2 aromatic rings. The Bertz CT molecular complexity index is 1720. The molecule has 1 unspecified atom stereocenters. The maximum absolute atomic E-state index is 13.8. The van der Waals surface area contributed by atoms with Crippen LogP contribution in [-0.4, -0.2) is 83.6 Å². The van der Waals surface area contributed by atoms with Crippen molar-refractivity contribution >= 4 is 32.1 Å². The molecule has 224 valence electrons. The van der Waals surface area contributed by atoms with Crippen LogP contribution in [0.1, 0.15) is 57.4 Å². The van der Waals surface area contributed by atoms with E-state index >= 15 is 0 Å². The van der Waals surface area contributed by atoms with E-state index in [9.17, 15) is 26.4 Å². The van der Waals surface area contributed by atoms with Crippen LogP contribution in [0.5, 0.6) is 0 Å². The summed E-state index contributed by atoms with van der Waals surface area (Å²) < 4.78 is 61.2. The predicted molar refractivity (Wildman–Crippen MR) is 146 cm³/mol. The zero-order chi connectivity index (χ0) is 30.9. The molecule has 1 saturated carbocycles. The first-order valence-corrected chi connectivity index (χ1v) is 15.5. The lowest BCUT2D eigenvalue weighted by molar-refractivity contribution is 0.0724. The van der Waals surface area contributed by atoms with Gasteiger partial charge in [0.15, 0.2) is 15.5 Å². The summed E-state index contributed by atoms with van der Waals surface area (Å²) in [6.45, 7) is -0.454. The van der Waals surface area contributed by atoms with Crippen molar-refractivity contribution in [3.05, 3.63) is 62.8 Å². The zero-order valence-corrected chi connectivity index (χ0v) is 24.4. The van der Waals surface area contributed by atoms with Crippen LogP contribution < -0.4 is 5.32 Å². The molecule has 2 N–H and O–H groups in total. The Morgan fingerprint density at radius 2 is 1.98 bits per heavy atom.